The minimum absolute atomic E-state index is 0.642. The average molecular weight is 221 g/mol. The third-order valence-corrected chi connectivity index (χ3v) is 3.33. The van der Waals surface area contributed by atoms with E-state index >= 15 is 0 Å². The molecule has 0 radical (unpaired) electrons. The van der Waals surface area contributed by atoms with Crippen LogP contribution in [0, 0.1) is 5.92 Å². The molecule has 1 aliphatic carbocycles. The number of aromatic nitrogens is 2. The minimum Gasteiger partial charge on any atom is -0.335 e. The number of rotatable bonds is 7. The number of nitrogens with zero attached hydrogens (tertiary/aromatic N) is 2. The molecule has 1 aliphatic rings. The van der Waals surface area contributed by atoms with Crippen LogP contribution >= 0.6 is 0 Å². The van der Waals surface area contributed by atoms with E-state index in [4.69, 9.17) is 0 Å². The van der Waals surface area contributed by atoms with Crippen molar-refractivity contribution in [2.75, 3.05) is 6.54 Å². The second-order valence-corrected chi connectivity index (χ2v) is 4.74. The third kappa shape index (κ3) is 2.85. The van der Waals surface area contributed by atoms with Crippen molar-refractivity contribution in [2.24, 2.45) is 5.92 Å². The molecular formula is C13H23N3. The second kappa shape index (κ2) is 5.48. The first kappa shape index (κ1) is 11.6. The molecule has 0 aliphatic heterocycles. The lowest BCUT2D eigenvalue weighted by atomic mass is 10.1. The van der Waals surface area contributed by atoms with Gasteiger partial charge in [0, 0.05) is 31.4 Å². The summed E-state index contributed by atoms with van der Waals surface area (Å²) in [5.74, 6) is 2.14. The minimum atomic E-state index is 0.642. The van der Waals surface area contributed by atoms with Gasteiger partial charge in [-0.2, -0.15) is 0 Å². The maximum absolute atomic E-state index is 4.49. The van der Waals surface area contributed by atoms with Gasteiger partial charge in [0.05, 0.1) is 0 Å². The normalized spacial score (nSPS) is 17.6. The molecule has 0 spiro atoms. The summed E-state index contributed by atoms with van der Waals surface area (Å²) < 4.78 is 2.30. The zero-order chi connectivity index (χ0) is 11.4. The lowest BCUT2D eigenvalue weighted by Gasteiger charge is -2.17. The van der Waals surface area contributed by atoms with Gasteiger partial charge in [0.15, 0.2) is 0 Å². The molecular weight excluding hydrogens is 198 g/mol. The maximum atomic E-state index is 4.49. The SMILES string of the molecule is CCCn1ccnc1CC(NCC)C1CC1. The van der Waals surface area contributed by atoms with Crippen LogP contribution in [0.4, 0.5) is 0 Å². The van der Waals surface area contributed by atoms with Crippen molar-refractivity contribution < 1.29 is 0 Å². The van der Waals surface area contributed by atoms with Crippen LogP contribution in [0.5, 0.6) is 0 Å². The van der Waals surface area contributed by atoms with E-state index in [2.05, 4.69) is 34.9 Å². The quantitative estimate of drug-likeness (QED) is 0.765. The van der Waals surface area contributed by atoms with E-state index in [1.54, 1.807) is 0 Å². The monoisotopic (exact) mass is 221 g/mol. The zero-order valence-electron chi connectivity index (χ0n) is 10.4. The van der Waals surface area contributed by atoms with E-state index in [-0.39, 0.29) is 0 Å². The molecule has 1 heterocycles. The number of aryl methyl sites for hydroxylation is 1. The summed E-state index contributed by atoms with van der Waals surface area (Å²) in [7, 11) is 0. The standard InChI is InChI=1S/C13H23N3/c1-3-8-16-9-7-15-13(16)10-12(14-4-2)11-5-6-11/h7,9,11-12,14H,3-6,8,10H2,1-2H3. The van der Waals surface area contributed by atoms with Crippen LogP contribution in [-0.2, 0) is 13.0 Å². The van der Waals surface area contributed by atoms with Crippen LogP contribution in [0.3, 0.4) is 0 Å². The molecule has 1 saturated carbocycles. The fraction of sp³-hybridized carbons (Fsp3) is 0.769. The van der Waals surface area contributed by atoms with E-state index < -0.39 is 0 Å². The molecule has 1 N–H and O–H groups in total. The molecule has 1 unspecified atom stereocenters. The molecule has 0 aromatic carbocycles. The Kier molecular flexibility index (Phi) is 3.99. The lowest BCUT2D eigenvalue weighted by Crippen LogP contribution is -2.33. The summed E-state index contributed by atoms with van der Waals surface area (Å²) in [4.78, 5) is 4.49. The summed E-state index contributed by atoms with van der Waals surface area (Å²) in [5, 5.41) is 3.60. The molecule has 16 heavy (non-hydrogen) atoms. The van der Waals surface area contributed by atoms with Crippen LogP contribution < -0.4 is 5.32 Å². The van der Waals surface area contributed by atoms with Gasteiger partial charge in [-0.1, -0.05) is 13.8 Å². The van der Waals surface area contributed by atoms with Crippen molar-refractivity contribution in [1.29, 1.82) is 0 Å². The van der Waals surface area contributed by atoms with Crippen molar-refractivity contribution in [3.8, 4) is 0 Å². The molecule has 0 saturated heterocycles. The van der Waals surface area contributed by atoms with Crippen molar-refractivity contribution in [3.63, 3.8) is 0 Å². The van der Waals surface area contributed by atoms with Gasteiger partial charge in [0.25, 0.3) is 0 Å². The summed E-state index contributed by atoms with van der Waals surface area (Å²) in [6, 6.07) is 0.642. The molecule has 3 heteroatoms. The van der Waals surface area contributed by atoms with Crippen molar-refractivity contribution in [1.82, 2.24) is 14.9 Å². The van der Waals surface area contributed by atoms with E-state index in [0.717, 1.165) is 25.4 Å². The average Bonchev–Trinajstić information content (AvgIpc) is 3.03. The number of imidazole rings is 1. The van der Waals surface area contributed by atoms with Crippen LogP contribution in [0.15, 0.2) is 12.4 Å². The Balaban J connectivity index is 1.97. The Morgan fingerprint density at radius 1 is 1.50 bits per heavy atom. The highest BCUT2D eigenvalue weighted by Crippen LogP contribution is 2.33. The van der Waals surface area contributed by atoms with Crippen LogP contribution in [0.2, 0.25) is 0 Å². The summed E-state index contributed by atoms with van der Waals surface area (Å²) in [6.45, 7) is 6.56. The maximum Gasteiger partial charge on any atom is 0.110 e. The molecule has 2 rings (SSSR count). The van der Waals surface area contributed by atoms with E-state index in [1.807, 2.05) is 6.20 Å². The molecule has 1 aromatic heterocycles. The Bertz CT molecular complexity index is 315. The first-order valence-electron chi connectivity index (χ1n) is 6.58. The Morgan fingerprint density at radius 2 is 2.31 bits per heavy atom. The summed E-state index contributed by atoms with van der Waals surface area (Å²) in [6.07, 6.45) is 9.10. The Labute approximate surface area is 98.3 Å². The summed E-state index contributed by atoms with van der Waals surface area (Å²) >= 11 is 0. The Morgan fingerprint density at radius 3 is 2.94 bits per heavy atom. The first-order valence-corrected chi connectivity index (χ1v) is 6.58. The predicted octanol–water partition coefficient (Wildman–Crippen LogP) is 2.22. The summed E-state index contributed by atoms with van der Waals surface area (Å²) in [5.41, 5.74) is 0. The molecule has 0 bridgehead atoms. The van der Waals surface area contributed by atoms with Gasteiger partial charge >= 0.3 is 0 Å². The number of hydrogen-bond acceptors (Lipinski definition) is 2. The van der Waals surface area contributed by atoms with E-state index in [1.165, 1.54) is 25.1 Å². The fourth-order valence-electron chi connectivity index (χ4n) is 2.34. The lowest BCUT2D eigenvalue weighted by molar-refractivity contribution is 0.453. The third-order valence-electron chi connectivity index (χ3n) is 3.33. The van der Waals surface area contributed by atoms with Gasteiger partial charge in [-0.25, -0.2) is 4.98 Å². The highest BCUT2D eigenvalue weighted by Gasteiger charge is 2.31. The molecule has 0 amide bonds. The van der Waals surface area contributed by atoms with Gasteiger partial charge in [-0.15, -0.1) is 0 Å². The first-order chi connectivity index (χ1) is 7.85. The molecule has 3 nitrogen and oxygen atoms in total. The van der Waals surface area contributed by atoms with E-state index in [9.17, 15) is 0 Å². The van der Waals surface area contributed by atoms with Gasteiger partial charge in [0.1, 0.15) is 5.82 Å². The fourth-order valence-corrected chi connectivity index (χ4v) is 2.34. The number of nitrogens with one attached hydrogen (secondary N) is 1. The van der Waals surface area contributed by atoms with Crippen molar-refractivity contribution in [2.45, 2.75) is 52.1 Å². The Hall–Kier alpha value is -0.830. The molecule has 1 fully saturated rings. The van der Waals surface area contributed by atoms with Gasteiger partial charge < -0.3 is 9.88 Å². The van der Waals surface area contributed by atoms with Crippen LogP contribution in [0.1, 0.15) is 38.9 Å². The predicted molar refractivity (Wildman–Crippen MR) is 66.4 cm³/mol. The number of likely N-dealkylation sites (N-methyl/N-ethyl adjacent to an activating group) is 1. The van der Waals surface area contributed by atoms with Gasteiger partial charge in [-0.3, -0.25) is 0 Å². The second-order valence-electron chi connectivity index (χ2n) is 4.74. The topological polar surface area (TPSA) is 29.9 Å². The highest BCUT2D eigenvalue weighted by atomic mass is 15.1. The number of hydrogen-bond donors (Lipinski definition) is 1. The zero-order valence-corrected chi connectivity index (χ0v) is 10.4. The molecule has 90 valence electrons. The molecule has 1 atom stereocenters. The molecule has 1 aromatic rings. The van der Waals surface area contributed by atoms with Gasteiger partial charge in [-0.05, 0) is 31.7 Å². The highest BCUT2D eigenvalue weighted by molar-refractivity contribution is 4.99. The van der Waals surface area contributed by atoms with Crippen LogP contribution in [-0.4, -0.2) is 22.1 Å². The largest absolute Gasteiger partial charge is 0.335 e. The smallest absolute Gasteiger partial charge is 0.110 e. The van der Waals surface area contributed by atoms with Gasteiger partial charge in [0.2, 0.25) is 0 Å². The van der Waals surface area contributed by atoms with Crippen molar-refractivity contribution in [3.05, 3.63) is 18.2 Å². The van der Waals surface area contributed by atoms with Crippen molar-refractivity contribution >= 4 is 0 Å². The van der Waals surface area contributed by atoms with E-state index in [0.29, 0.717) is 6.04 Å². The van der Waals surface area contributed by atoms with Crippen LogP contribution in [0.25, 0.3) is 0 Å².